The summed E-state index contributed by atoms with van der Waals surface area (Å²) in [5, 5.41) is 2.77. The Bertz CT molecular complexity index is 474. The molecule has 1 aliphatic heterocycles. The Kier molecular flexibility index (Phi) is 4.44. The van der Waals surface area contributed by atoms with Crippen LogP contribution >= 0.6 is 0 Å². The van der Waals surface area contributed by atoms with Gasteiger partial charge in [-0.2, -0.15) is 0 Å². The topological polar surface area (TPSA) is 41.6 Å². The Labute approximate surface area is 126 Å². The van der Waals surface area contributed by atoms with Gasteiger partial charge in [-0.15, -0.1) is 0 Å². The number of carbonyl (C=O) groups excluding carboxylic acids is 1. The molecule has 0 spiro atoms. The maximum atomic E-state index is 11.0. The minimum Gasteiger partial charge on any atom is -0.490 e. The van der Waals surface area contributed by atoms with Crippen molar-refractivity contribution >= 4 is 11.6 Å². The fraction of sp³-hybridized carbons (Fsp3) is 0.588. The van der Waals surface area contributed by atoms with Gasteiger partial charge in [-0.25, -0.2) is 0 Å². The summed E-state index contributed by atoms with van der Waals surface area (Å²) in [6.07, 6.45) is 6.73. The molecule has 0 unspecified atom stereocenters. The average Bonchev–Trinajstić information content (AvgIpc) is 2.41. The highest BCUT2D eigenvalue weighted by atomic mass is 16.5. The molecule has 1 amide bonds. The quantitative estimate of drug-likeness (QED) is 0.926. The Morgan fingerprint density at radius 1 is 1.14 bits per heavy atom. The number of hydrogen-bond acceptors (Lipinski definition) is 3. The van der Waals surface area contributed by atoms with Gasteiger partial charge in [0.2, 0.25) is 5.91 Å². The lowest BCUT2D eigenvalue weighted by Gasteiger charge is -2.41. The van der Waals surface area contributed by atoms with E-state index in [1.807, 2.05) is 24.3 Å². The lowest BCUT2D eigenvalue weighted by Crippen LogP contribution is -2.46. The zero-order valence-corrected chi connectivity index (χ0v) is 12.7. The van der Waals surface area contributed by atoms with Gasteiger partial charge in [-0.05, 0) is 49.9 Å². The second-order valence-electron chi connectivity index (χ2n) is 6.14. The molecule has 4 nitrogen and oxygen atoms in total. The Morgan fingerprint density at radius 3 is 2.33 bits per heavy atom. The number of ether oxygens (including phenoxy) is 1. The molecule has 1 heterocycles. The Morgan fingerprint density at radius 2 is 1.81 bits per heavy atom. The summed E-state index contributed by atoms with van der Waals surface area (Å²) in [4.78, 5) is 13.6. The summed E-state index contributed by atoms with van der Waals surface area (Å²) in [7, 11) is 0. The molecule has 114 valence electrons. The lowest BCUT2D eigenvalue weighted by molar-refractivity contribution is -0.114. The van der Waals surface area contributed by atoms with Crippen LogP contribution in [0, 0.1) is 0 Å². The van der Waals surface area contributed by atoms with Crippen LogP contribution in [0.3, 0.4) is 0 Å². The second-order valence-corrected chi connectivity index (χ2v) is 6.14. The Hall–Kier alpha value is -1.55. The largest absolute Gasteiger partial charge is 0.490 e. The minimum absolute atomic E-state index is 0.0490. The van der Waals surface area contributed by atoms with Crippen molar-refractivity contribution in [2.45, 2.75) is 51.2 Å². The van der Waals surface area contributed by atoms with Crippen LogP contribution < -0.4 is 10.1 Å². The predicted octanol–water partition coefficient (Wildman–Crippen LogP) is 3.04. The molecule has 0 bridgehead atoms. The van der Waals surface area contributed by atoms with E-state index in [0.29, 0.717) is 6.10 Å². The number of rotatable bonds is 4. The van der Waals surface area contributed by atoms with E-state index in [1.54, 1.807) is 0 Å². The van der Waals surface area contributed by atoms with Crippen LogP contribution in [0.25, 0.3) is 0 Å². The fourth-order valence-corrected chi connectivity index (χ4v) is 3.12. The van der Waals surface area contributed by atoms with Crippen LogP contribution in [0.15, 0.2) is 24.3 Å². The first-order chi connectivity index (χ1) is 10.2. The molecule has 0 radical (unpaired) electrons. The molecule has 2 aliphatic rings. The average molecular weight is 288 g/mol. The van der Waals surface area contributed by atoms with E-state index in [1.165, 1.54) is 39.3 Å². The molecule has 1 aromatic rings. The molecule has 1 saturated carbocycles. The van der Waals surface area contributed by atoms with Gasteiger partial charge in [0.25, 0.3) is 0 Å². The first-order valence-electron chi connectivity index (χ1n) is 7.99. The number of hydrogen-bond donors (Lipinski definition) is 1. The molecule has 4 heteroatoms. The van der Waals surface area contributed by atoms with Gasteiger partial charge >= 0.3 is 0 Å². The smallest absolute Gasteiger partial charge is 0.221 e. The van der Waals surface area contributed by atoms with E-state index in [9.17, 15) is 4.79 Å². The van der Waals surface area contributed by atoms with Crippen LogP contribution in [0.4, 0.5) is 5.69 Å². The maximum absolute atomic E-state index is 11.0. The molecule has 1 saturated heterocycles. The van der Waals surface area contributed by atoms with Crippen LogP contribution in [0.2, 0.25) is 0 Å². The van der Waals surface area contributed by atoms with E-state index in [-0.39, 0.29) is 5.91 Å². The second kappa shape index (κ2) is 6.48. The number of nitrogens with zero attached hydrogens (tertiary/aromatic N) is 1. The number of benzene rings is 1. The SMILES string of the molecule is CC(=O)Nc1ccc(OC2CCN(C3CCC3)CC2)cc1. The van der Waals surface area contributed by atoms with Crippen LogP contribution in [0.5, 0.6) is 5.75 Å². The molecule has 3 rings (SSSR count). The number of piperidine rings is 1. The third-order valence-corrected chi connectivity index (χ3v) is 4.55. The lowest BCUT2D eigenvalue weighted by atomic mass is 9.90. The van der Waals surface area contributed by atoms with E-state index < -0.39 is 0 Å². The van der Waals surface area contributed by atoms with Crippen LogP contribution in [-0.4, -0.2) is 36.0 Å². The zero-order valence-electron chi connectivity index (χ0n) is 12.7. The van der Waals surface area contributed by atoms with Gasteiger partial charge in [-0.3, -0.25) is 4.79 Å². The zero-order chi connectivity index (χ0) is 14.7. The van der Waals surface area contributed by atoms with Crippen LogP contribution in [0.1, 0.15) is 39.0 Å². The number of amides is 1. The fourth-order valence-electron chi connectivity index (χ4n) is 3.12. The van der Waals surface area contributed by atoms with Gasteiger partial charge in [0.15, 0.2) is 0 Å². The molecule has 2 fully saturated rings. The third kappa shape index (κ3) is 3.76. The summed E-state index contributed by atoms with van der Waals surface area (Å²) in [5.41, 5.74) is 0.814. The highest BCUT2D eigenvalue weighted by Gasteiger charge is 2.29. The summed E-state index contributed by atoms with van der Waals surface area (Å²) in [6.45, 7) is 3.85. The highest BCUT2D eigenvalue weighted by Crippen LogP contribution is 2.28. The molecule has 0 atom stereocenters. The van der Waals surface area contributed by atoms with E-state index in [0.717, 1.165) is 30.3 Å². The molecular weight excluding hydrogens is 264 g/mol. The van der Waals surface area contributed by atoms with E-state index in [4.69, 9.17) is 4.74 Å². The standard InChI is InChI=1S/C17H24N2O2/c1-13(20)18-14-5-7-16(8-6-14)21-17-9-11-19(12-10-17)15-3-2-4-15/h5-8,15,17H,2-4,9-12H2,1H3,(H,18,20). The van der Waals surface area contributed by atoms with Crippen molar-refractivity contribution in [3.63, 3.8) is 0 Å². The predicted molar refractivity (Wildman–Crippen MR) is 83.6 cm³/mol. The first-order valence-corrected chi connectivity index (χ1v) is 7.99. The van der Waals surface area contributed by atoms with Crippen LogP contribution in [-0.2, 0) is 4.79 Å². The number of nitrogens with one attached hydrogen (secondary N) is 1. The number of likely N-dealkylation sites (tertiary alicyclic amines) is 1. The molecule has 21 heavy (non-hydrogen) atoms. The van der Waals surface area contributed by atoms with Gasteiger partial charge in [-0.1, -0.05) is 6.42 Å². The highest BCUT2D eigenvalue weighted by molar-refractivity contribution is 5.88. The Balaban J connectivity index is 1.47. The van der Waals surface area contributed by atoms with Gasteiger partial charge < -0.3 is 15.0 Å². The van der Waals surface area contributed by atoms with Crippen molar-refractivity contribution in [3.8, 4) is 5.75 Å². The molecule has 1 aromatic carbocycles. The summed E-state index contributed by atoms with van der Waals surface area (Å²) in [5.74, 6) is 0.846. The van der Waals surface area contributed by atoms with Gasteiger partial charge in [0, 0.05) is 31.7 Å². The first kappa shape index (κ1) is 14.4. The molecule has 1 aliphatic carbocycles. The van der Waals surface area contributed by atoms with E-state index in [2.05, 4.69) is 10.2 Å². The molecular formula is C17H24N2O2. The van der Waals surface area contributed by atoms with Gasteiger partial charge in [0.05, 0.1) is 0 Å². The minimum atomic E-state index is -0.0490. The normalized spacial score (nSPS) is 20.8. The third-order valence-electron chi connectivity index (χ3n) is 4.55. The van der Waals surface area contributed by atoms with Crippen molar-refractivity contribution in [3.05, 3.63) is 24.3 Å². The summed E-state index contributed by atoms with van der Waals surface area (Å²) >= 11 is 0. The van der Waals surface area contributed by atoms with Crippen molar-refractivity contribution in [1.82, 2.24) is 4.90 Å². The molecule has 1 N–H and O–H groups in total. The number of carbonyl (C=O) groups is 1. The van der Waals surface area contributed by atoms with Crippen molar-refractivity contribution in [2.75, 3.05) is 18.4 Å². The van der Waals surface area contributed by atoms with Crippen molar-refractivity contribution in [2.24, 2.45) is 0 Å². The monoisotopic (exact) mass is 288 g/mol. The summed E-state index contributed by atoms with van der Waals surface area (Å²) < 4.78 is 6.06. The summed E-state index contributed by atoms with van der Waals surface area (Å²) in [6, 6.07) is 8.50. The van der Waals surface area contributed by atoms with Crippen molar-refractivity contribution in [1.29, 1.82) is 0 Å². The molecule has 0 aromatic heterocycles. The van der Waals surface area contributed by atoms with Gasteiger partial charge in [0.1, 0.15) is 11.9 Å². The maximum Gasteiger partial charge on any atom is 0.221 e. The van der Waals surface area contributed by atoms with E-state index >= 15 is 0 Å². The number of anilines is 1. The van der Waals surface area contributed by atoms with Crippen molar-refractivity contribution < 1.29 is 9.53 Å².